The maximum atomic E-state index is 13.1. The molecule has 0 spiro atoms. The Hall–Kier alpha value is -3.01. The molecule has 0 unspecified atom stereocenters. The molecule has 0 radical (unpaired) electrons. The number of alkyl halides is 6. The lowest BCUT2D eigenvalue weighted by molar-refractivity contribution is -0.143. The van der Waals surface area contributed by atoms with Gasteiger partial charge in [-0.05, 0) is 42.3 Å². The van der Waals surface area contributed by atoms with E-state index in [-0.39, 0.29) is 23.9 Å². The van der Waals surface area contributed by atoms with E-state index in [1.807, 2.05) is 0 Å². The van der Waals surface area contributed by atoms with Crippen LogP contribution in [0.4, 0.5) is 26.3 Å². The molecule has 2 aromatic carbocycles. The molecule has 4 nitrogen and oxygen atoms in total. The second-order valence-electron chi connectivity index (χ2n) is 7.18. The van der Waals surface area contributed by atoms with Gasteiger partial charge in [-0.3, -0.25) is 4.79 Å². The zero-order chi connectivity index (χ0) is 23.0. The largest absolute Gasteiger partial charge is 0.416 e. The molecule has 2 aromatic rings. The molecule has 1 heterocycles. The van der Waals surface area contributed by atoms with Gasteiger partial charge in [-0.25, -0.2) is 0 Å². The van der Waals surface area contributed by atoms with E-state index in [9.17, 15) is 31.1 Å². The molecule has 0 saturated carbocycles. The number of nitrogens with one attached hydrogen (secondary N) is 1. The van der Waals surface area contributed by atoms with E-state index in [0.717, 1.165) is 0 Å². The average molecular weight is 444 g/mol. The molecule has 0 fully saturated rings. The Morgan fingerprint density at radius 3 is 2.00 bits per heavy atom. The van der Waals surface area contributed by atoms with Crippen LogP contribution in [0.15, 0.2) is 60.3 Å². The van der Waals surface area contributed by atoms with Gasteiger partial charge in [0.05, 0.1) is 29.5 Å². The summed E-state index contributed by atoms with van der Waals surface area (Å²) in [6.07, 6.45) is -9.64. The second-order valence-corrected chi connectivity index (χ2v) is 7.18. The summed E-state index contributed by atoms with van der Waals surface area (Å²) in [4.78, 5) is 12.0. The Labute approximate surface area is 173 Å². The predicted octanol–water partition coefficient (Wildman–Crippen LogP) is 4.67. The van der Waals surface area contributed by atoms with Gasteiger partial charge < -0.3 is 15.8 Å². The van der Waals surface area contributed by atoms with Crippen molar-refractivity contribution in [1.29, 1.82) is 0 Å². The van der Waals surface area contributed by atoms with Crippen LogP contribution in [0.2, 0.25) is 0 Å². The van der Waals surface area contributed by atoms with E-state index in [0.29, 0.717) is 17.7 Å². The van der Waals surface area contributed by atoms with Gasteiger partial charge in [-0.15, -0.1) is 0 Å². The normalized spacial score (nSPS) is 20.4. The predicted molar refractivity (Wildman–Crippen MR) is 99.3 cm³/mol. The van der Waals surface area contributed by atoms with Gasteiger partial charge >= 0.3 is 12.4 Å². The molecule has 3 N–H and O–H groups in total. The summed E-state index contributed by atoms with van der Waals surface area (Å²) in [6.45, 7) is 1.07. The Morgan fingerprint density at radius 2 is 1.55 bits per heavy atom. The molecule has 1 aliphatic rings. The monoisotopic (exact) mass is 444 g/mol. The summed E-state index contributed by atoms with van der Waals surface area (Å²) in [6, 6.07) is 9.83. The average Bonchev–Trinajstić information content (AvgIpc) is 3.00. The van der Waals surface area contributed by atoms with Crippen LogP contribution >= 0.6 is 0 Å². The van der Waals surface area contributed by atoms with Crippen molar-refractivity contribution in [1.82, 2.24) is 5.32 Å². The molecule has 1 aliphatic heterocycles. The highest BCUT2D eigenvalue weighted by atomic mass is 19.4. The number of amides is 1. The van der Waals surface area contributed by atoms with Crippen molar-refractivity contribution in [3.8, 4) is 0 Å². The van der Waals surface area contributed by atoms with Crippen LogP contribution in [0.25, 0.3) is 0 Å². The van der Waals surface area contributed by atoms with Crippen molar-refractivity contribution in [2.24, 2.45) is 5.73 Å². The van der Waals surface area contributed by atoms with Crippen LogP contribution in [-0.2, 0) is 27.4 Å². The van der Waals surface area contributed by atoms with Gasteiger partial charge in [0.2, 0.25) is 0 Å². The standard InChI is InChI=1S/C21H18F6N2O2/c1-12(13-7-15(20(22,23)24)9-16(8-13)21(25,26)27)31-11-19(10-17(28)18(30)29-19)14-5-3-2-4-6-14/h2-10,12H,11,28H2,1H3,(H,29,30)/t12-,19-/m1/s1. The smallest absolute Gasteiger partial charge is 0.394 e. The van der Waals surface area contributed by atoms with Crippen LogP contribution < -0.4 is 11.1 Å². The van der Waals surface area contributed by atoms with Crippen LogP contribution in [0.1, 0.15) is 35.3 Å². The van der Waals surface area contributed by atoms with Gasteiger partial charge in [0.1, 0.15) is 5.54 Å². The van der Waals surface area contributed by atoms with E-state index in [1.54, 1.807) is 30.3 Å². The van der Waals surface area contributed by atoms with Crippen LogP contribution in [0, 0.1) is 0 Å². The Balaban J connectivity index is 1.92. The molecular formula is C21H18F6N2O2. The van der Waals surface area contributed by atoms with Crippen molar-refractivity contribution in [2.45, 2.75) is 30.9 Å². The molecule has 0 aromatic heterocycles. The van der Waals surface area contributed by atoms with Gasteiger partial charge in [-0.2, -0.15) is 26.3 Å². The molecule has 0 bridgehead atoms. The number of rotatable bonds is 5. The van der Waals surface area contributed by atoms with Crippen LogP contribution in [-0.4, -0.2) is 12.5 Å². The zero-order valence-corrected chi connectivity index (χ0v) is 16.1. The SMILES string of the molecule is C[C@@H](OC[C@@]1(c2ccccc2)C=C(N)C(=O)N1)c1cc(C(F)(F)F)cc(C(F)(F)F)c1. The van der Waals surface area contributed by atoms with Crippen molar-refractivity contribution < 1.29 is 35.9 Å². The van der Waals surface area contributed by atoms with Crippen molar-refractivity contribution in [2.75, 3.05) is 6.61 Å². The zero-order valence-electron chi connectivity index (χ0n) is 16.1. The van der Waals surface area contributed by atoms with Crippen molar-refractivity contribution >= 4 is 5.91 Å². The first-order valence-corrected chi connectivity index (χ1v) is 9.09. The fourth-order valence-corrected chi connectivity index (χ4v) is 3.26. The third kappa shape index (κ3) is 4.84. The second kappa shape index (κ2) is 7.92. The van der Waals surface area contributed by atoms with Crippen LogP contribution in [0.5, 0.6) is 0 Å². The molecule has 0 saturated heterocycles. The van der Waals surface area contributed by atoms with Gasteiger partial charge in [0.25, 0.3) is 5.91 Å². The number of halogens is 6. The first-order chi connectivity index (χ1) is 14.3. The van der Waals surface area contributed by atoms with E-state index in [2.05, 4.69) is 5.32 Å². The highest BCUT2D eigenvalue weighted by Crippen LogP contribution is 2.38. The summed E-state index contributed by atoms with van der Waals surface area (Å²) in [5.41, 5.74) is 1.85. The van der Waals surface area contributed by atoms with Gasteiger partial charge in [-0.1, -0.05) is 30.3 Å². The van der Waals surface area contributed by atoms with E-state index in [1.165, 1.54) is 13.0 Å². The molecular weight excluding hydrogens is 426 g/mol. The number of carbonyl (C=O) groups excluding carboxylic acids is 1. The summed E-state index contributed by atoms with van der Waals surface area (Å²) >= 11 is 0. The lowest BCUT2D eigenvalue weighted by Gasteiger charge is -2.30. The number of hydrogen-bond donors (Lipinski definition) is 2. The number of nitrogens with two attached hydrogens (primary N) is 1. The first kappa shape index (κ1) is 22.7. The third-order valence-corrected chi connectivity index (χ3v) is 4.93. The number of hydrogen-bond acceptors (Lipinski definition) is 3. The minimum atomic E-state index is -4.96. The molecule has 3 rings (SSSR count). The molecule has 10 heteroatoms. The summed E-state index contributed by atoms with van der Waals surface area (Å²) in [5, 5.41) is 2.67. The molecule has 0 aliphatic carbocycles. The Bertz CT molecular complexity index is 969. The van der Waals surface area contributed by atoms with Crippen molar-refractivity contribution in [3.63, 3.8) is 0 Å². The van der Waals surface area contributed by atoms with E-state index < -0.39 is 41.0 Å². The molecule has 31 heavy (non-hydrogen) atoms. The highest BCUT2D eigenvalue weighted by Gasteiger charge is 2.40. The highest BCUT2D eigenvalue weighted by molar-refractivity contribution is 5.96. The number of ether oxygens (including phenoxy) is 1. The Kier molecular flexibility index (Phi) is 5.79. The Morgan fingerprint density at radius 1 is 1.00 bits per heavy atom. The maximum absolute atomic E-state index is 13.1. The summed E-state index contributed by atoms with van der Waals surface area (Å²) in [5.74, 6) is -0.557. The van der Waals surface area contributed by atoms with Gasteiger partial charge in [0.15, 0.2) is 0 Å². The fraction of sp³-hybridized carbons (Fsp3) is 0.286. The van der Waals surface area contributed by atoms with Crippen LogP contribution in [0.3, 0.4) is 0 Å². The summed E-state index contributed by atoms with van der Waals surface area (Å²) < 4.78 is 84.4. The lowest BCUT2D eigenvalue weighted by atomic mass is 9.91. The third-order valence-electron chi connectivity index (χ3n) is 4.93. The molecule has 166 valence electrons. The summed E-state index contributed by atoms with van der Waals surface area (Å²) in [7, 11) is 0. The lowest BCUT2D eigenvalue weighted by Crippen LogP contribution is -2.44. The number of benzene rings is 2. The van der Waals surface area contributed by atoms with Crippen molar-refractivity contribution in [3.05, 3.63) is 82.6 Å². The molecule has 1 amide bonds. The van der Waals surface area contributed by atoms with E-state index >= 15 is 0 Å². The molecule has 2 atom stereocenters. The maximum Gasteiger partial charge on any atom is 0.416 e. The number of carbonyl (C=O) groups is 1. The minimum absolute atomic E-state index is 0.0578. The minimum Gasteiger partial charge on any atom is -0.394 e. The quantitative estimate of drug-likeness (QED) is 0.659. The fourth-order valence-electron chi connectivity index (χ4n) is 3.26. The van der Waals surface area contributed by atoms with E-state index in [4.69, 9.17) is 10.5 Å². The topological polar surface area (TPSA) is 64.3 Å². The first-order valence-electron chi connectivity index (χ1n) is 9.09. The van der Waals surface area contributed by atoms with Gasteiger partial charge in [0, 0.05) is 0 Å².